The molecule has 92 valence electrons. The molecule has 0 aliphatic carbocycles. The highest BCUT2D eigenvalue weighted by Crippen LogP contribution is 2.22. The lowest BCUT2D eigenvalue weighted by molar-refractivity contribution is -0.130. The van der Waals surface area contributed by atoms with E-state index in [2.05, 4.69) is 5.32 Å². The normalized spacial score (nSPS) is 16.9. The summed E-state index contributed by atoms with van der Waals surface area (Å²) in [5.41, 5.74) is 0.814. The molecule has 17 heavy (non-hydrogen) atoms. The quantitative estimate of drug-likeness (QED) is 0.897. The molecule has 1 heterocycles. The number of carbonyl (C=O) groups is 1. The molecule has 1 amide bonds. The number of para-hydroxylation sites is 1. The van der Waals surface area contributed by atoms with E-state index < -0.39 is 0 Å². The maximum Gasteiger partial charge on any atom is 0.244 e. The molecule has 1 atom stereocenters. The monoisotopic (exact) mass is 252 g/mol. The van der Waals surface area contributed by atoms with Crippen molar-refractivity contribution >= 4 is 23.2 Å². The van der Waals surface area contributed by atoms with E-state index in [4.69, 9.17) is 11.6 Å². The molecule has 1 N–H and O–H groups in total. The predicted molar refractivity (Wildman–Crippen MR) is 70.4 cm³/mol. The number of nitrogens with zero attached hydrogens (tertiary/aromatic N) is 1. The largest absolute Gasteiger partial charge is 0.373 e. The van der Waals surface area contributed by atoms with Crippen LogP contribution in [-0.4, -0.2) is 29.9 Å². The van der Waals surface area contributed by atoms with E-state index in [-0.39, 0.29) is 11.9 Å². The lowest BCUT2D eigenvalue weighted by Gasteiger charge is -2.22. The van der Waals surface area contributed by atoms with E-state index in [9.17, 15) is 4.79 Å². The van der Waals surface area contributed by atoms with Gasteiger partial charge < -0.3 is 10.2 Å². The van der Waals surface area contributed by atoms with Crippen LogP contribution in [0.1, 0.15) is 19.8 Å². The number of anilines is 1. The molecule has 0 saturated carbocycles. The first-order chi connectivity index (χ1) is 8.18. The maximum atomic E-state index is 12.1. The Hall–Kier alpha value is -1.22. The lowest BCUT2D eigenvalue weighted by Crippen LogP contribution is -2.39. The van der Waals surface area contributed by atoms with Crippen LogP contribution >= 0.6 is 11.6 Å². The van der Waals surface area contributed by atoms with Crippen LogP contribution in [0.25, 0.3) is 0 Å². The summed E-state index contributed by atoms with van der Waals surface area (Å²) >= 11 is 6.05. The lowest BCUT2D eigenvalue weighted by atomic mass is 10.2. The number of rotatable bonds is 3. The number of hydrogen-bond donors (Lipinski definition) is 1. The molecule has 1 fully saturated rings. The molecule has 1 aromatic rings. The van der Waals surface area contributed by atoms with Gasteiger partial charge in [0.15, 0.2) is 0 Å². The van der Waals surface area contributed by atoms with Gasteiger partial charge in [0, 0.05) is 13.1 Å². The van der Waals surface area contributed by atoms with Gasteiger partial charge in [-0.2, -0.15) is 0 Å². The van der Waals surface area contributed by atoms with Crippen LogP contribution in [0.5, 0.6) is 0 Å². The molecule has 1 unspecified atom stereocenters. The first kappa shape index (κ1) is 12.2. The number of amides is 1. The Kier molecular flexibility index (Phi) is 3.89. The van der Waals surface area contributed by atoms with Crippen molar-refractivity contribution in [2.24, 2.45) is 0 Å². The second-order valence-electron chi connectivity index (χ2n) is 4.38. The molecule has 4 heteroatoms. The van der Waals surface area contributed by atoms with Gasteiger partial charge in [0.2, 0.25) is 5.91 Å². The predicted octanol–water partition coefficient (Wildman–Crippen LogP) is 2.76. The van der Waals surface area contributed by atoms with Crippen molar-refractivity contribution in [1.82, 2.24) is 4.90 Å². The molecule has 1 aromatic carbocycles. The Morgan fingerprint density at radius 2 is 2.00 bits per heavy atom. The number of carbonyl (C=O) groups excluding carboxylic acids is 1. The van der Waals surface area contributed by atoms with Crippen molar-refractivity contribution in [2.45, 2.75) is 25.8 Å². The first-order valence-electron chi connectivity index (χ1n) is 5.98. The van der Waals surface area contributed by atoms with E-state index in [0.717, 1.165) is 31.6 Å². The molecular weight excluding hydrogens is 236 g/mol. The summed E-state index contributed by atoms with van der Waals surface area (Å²) in [7, 11) is 0. The third-order valence-corrected chi connectivity index (χ3v) is 3.36. The minimum atomic E-state index is -0.229. The molecule has 1 aliphatic heterocycles. The number of nitrogens with one attached hydrogen (secondary N) is 1. The Morgan fingerprint density at radius 3 is 2.65 bits per heavy atom. The molecular formula is C13H17ClN2O. The molecule has 3 nitrogen and oxygen atoms in total. The zero-order valence-electron chi connectivity index (χ0n) is 9.95. The number of hydrogen-bond acceptors (Lipinski definition) is 2. The van der Waals surface area contributed by atoms with Crippen LogP contribution in [0.2, 0.25) is 5.02 Å². The molecule has 0 radical (unpaired) electrons. The highest BCUT2D eigenvalue weighted by Gasteiger charge is 2.23. The summed E-state index contributed by atoms with van der Waals surface area (Å²) in [5.74, 6) is 0.155. The average molecular weight is 253 g/mol. The SMILES string of the molecule is CC(Nc1ccccc1Cl)C(=O)N1CCCC1. The maximum absolute atomic E-state index is 12.1. The molecule has 0 aromatic heterocycles. The fraction of sp³-hybridized carbons (Fsp3) is 0.462. The van der Waals surface area contributed by atoms with Gasteiger partial charge in [0.05, 0.1) is 10.7 Å². The summed E-state index contributed by atoms with van der Waals surface area (Å²) in [4.78, 5) is 14.0. The zero-order valence-corrected chi connectivity index (χ0v) is 10.7. The molecule has 2 rings (SSSR count). The Morgan fingerprint density at radius 1 is 1.35 bits per heavy atom. The summed E-state index contributed by atoms with van der Waals surface area (Å²) in [5, 5.41) is 3.81. The summed E-state index contributed by atoms with van der Waals surface area (Å²) in [6.07, 6.45) is 2.23. The van der Waals surface area contributed by atoms with Crippen LogP contribution in [0.3, 0.4) is 0 Å². The Labute approximate surface area is 107 Å². The van der Waals surface area contributed by atoms with E-state index in [0.29, 0.717) is 5.02 Å². The van der Waals surface area contributed by atoms with E-state index in [1.807, 2.05) is 36.1 Å². The molecule has 0 bridgehead atoms. The van der Waals surface area contributed by atoms with Gasteiger partial charge >= 0.3 is 0 Å². The third-order valence-electron chi connectivity index (χ3n) is 3.03. The Balaban J connectivity index is 1.99. The minimum Gasteiger partial charge on any atom is -0.373 e. The van der Waals surface area contributed by atoms with Crippen LogP contribution in [0, 0.1) is 0 Å². The van der Waals surface area contributed by atoms with Crippen LogP contribution < -0.4 is 5.32 Å². The van der Waals surface area contributed by atoms with Crippen molar-refractivity contribution in [2.75, 3.05) is 18.4 Å². The van der Waals surface area contributed by atoms with Crippen LogP contribution in [-0.2, 0) is 4.79 Å². The van der Waals surface area contributed by atoms with Crippen molar-refractivity contribution in [3.05, 3.63) is 29.3 Å². The smallest absolute Gasteiger partial charge is 0.244 e. The second kappa shape index (κ2) is 5.41. The molecule has 1 aliphatic rings. The van der Waals surface area contributed by atoms with Gasteiger partial charge in [0.25, 0.3) is 0 Å². The van der Waals surface area contributed by atoms with E-state index in [1.165, 1.54) is 0 Å². The number of halogens is 1. The van der Waals surface area contributed by atoms with E-state index in [1.54, 1.807) is 0 Å². The topological polar surface area (TPSA) is 32.3 Å². The number of benzene rings is 1. The van der Waals surface area contributed by atoms with Crippen molar-refractivity contribution in [1.29, 1.82) is 0 Å². The average Bonchev–Trinajstić information content (AvgIpc) is 2.84. The van der Waals surface area contributed by atoms with Gasteiger partial charge in [-0.3, -0.25) is 4.79 Å². The highest BCUT2D eigenvalue weighted by molar-refractivity contribution is 6.33. The van der Waals surface area contributed by atoms with E-state index >= 15 is 0 Å². The summed E-state index contributed by atoms with van der Waals surface area (Å²) in [6, 6.07) is 7.25. The zero-order chi connectivity index (χ0) is 12.3. The van der Waals surface area contributed by atoms with Gasteiger partial charge in [-0.05, 0) is 31.9 Å². The molecule has 1 saturated heterocycles. The second-order valence-corrected chi connectivity index (χ2v) is 4.79. The number of likely N-dealkylation sites (tertiary alicyclic amines) is 1. The fourth-order valence-corrected chi connectivity index (χ4v) is 2.27. The van der Waals surface area contributed by atoms with Gasteiger partial charge in [-0.25, -0.2) is 0 Å². The third kappa shape index (κ3) is 2.91. The van der Waals surface area contributed by atoms with Crippen LogP contribution in [0.15, 0.2) is 24.3 Å². The molecule has 0 spiro atoms. The van der Waals surface area contributed by atoms with Crippen molar-refractivity contribution < 1.29 is 4.79 Å². The summed E-state index contributed by atoms with van der Waals surface area (Å²) < 4.78 is 0. The fourth-order valence-electron chi connectivity index (χ4n) is 2.08. The highest BCUT2D eigenvalue weighted by atomic mass is 35.5. The minimum absolute atomic E-state index is 0.155. The standard InChI is InChI=1S/C13H17ClN2O/c1-10(13(17)16-8-4-5-9-16)15-12-7-3-2-6-11(12)14/h2-3,6-7,10,15H,4-5,8-9H2,1H3. The van der Waals surface area contributed by atoms with Crippen molar-refractivity contribution in [3.8, 4) is 0 Å². The Bertz CT molecular complexity index is 402. The van der Waals surface area contributed by atoms with Gasteiger partial charge in [-0.1, -0.05) is 23.7 Å². The van der Waals surface area contributed by atoms with Gasteiger partial charge in [0.1, 0.15) is 6.04 Å². The first-order valence-corrected chi connectivity index (χ1v) is 6.36. The summed E-state index contributed by atoms with van der Waals surface area (Å²) in [6.45, 7) is 3.64. The van der Waals surface area contributed by atoms with Gasteiger partial charge in [-0.15, -0.1) is 0 Å². The van der Waals surface area contributed by atoms with Crippen LogP contribution in [0.4, 0.5) is 5.69 Å². The van der Waals surface area contributed by atoms with Crippen molar-refractivity contribution in [3.63, 3.8) is 0 Å².